The number of nitrogens with one attached hydrogen (secondary N) is 2. The topological polar surface area (TPSA) is 49.8 Å². The van der Waals surface area contributed by atoms with E-state index in [0.717, 1.165) is 11.5 Å². The number of nitrogens with zero attached hydrogens (tertiary/aromatic N) is 2. The third-order valence-corrected chi connectivity index (χ3v) is 2.35. The molecule has 17 heavy (non-hydrogen) atoms. The summed E-state index contributed by atoms with van der Waals surface area (Å²) in [5.41, 5.74) is 1.39. The van der Waals surface area contributed by atoms with Gasteiger partial charge in [0.05, 0.1) is 0 Å². The van der Waals surface area contributed by atoms with Crippen molar-refractivity contribution < 1.29 is 4.39 Å². The molecule has 0 amide bonds. The molecule has 0 aliphatic rings. The summed E-state index contributed by atoms with van der Waals surface area (Å²) < 4.78 is 13.1. The first-order valence-electron chi connectivity index (χ1n) is 5.22. The Hall–Kier alpha value is -2.17. The van der Waals surface area contributed by atoms with Crippen LogP contribution in [0, 0.1) is 12.7 Å². The van der Waals surface area contributed by atoms with Gasteiger partial charge in [-0.15, -0.1) is 0 Å². The van der Waals surface area contributed by atoms with Gasteiger partial charge in [0.2, 0.25) is 0 Å². The number of aromatic nitrogens is 2. The maximum absolute atomic E-state index is 13.1. The Bertz CT molecular complexity index is 528. The third-order valence-electron chi connectivity index (χ3n) is 2.35. The van der Waals surface area contributed by atoms with Crippen LogP contribution in [-0.2, 0) is 0 Å². The van der Waals surface area contributed by atoms with Crippen LogP contribution in [0.3, 0.4) is 0 Å². The van der Waals surface area contributed by atoms with Crippen LogP contribution in [0.2, 0.25) is 0 Å². The molecule has 5 heteroatoms. The molecule has 0 bridgehead atoms. The molecule has 88 valence electrons. The number of hydrogen-bond donors (Lipinski definition) is 2. The van der Waals surface area contributed by atoms with Gasteiger partial charge in [0.15, 0.2) is 0 Å². The summed E-state index contributed by atoms with van der Waals surface area (Å²) in [4.78, 5) is 8.09. The van der Waals surface area contributed by atoms with Crippen LogP contribution in [0.15, 0.2) is 30.6 Å². The van der Waals surface area contributed by atoms with Crippen molar-refractivity contribution in [1.29, 1.82) is 0 Å². The lowest BCUT2D eigenvalue weighted by Crippen LogP contribution is -1.98. The summed E-state index contributed by atoms with van der Waals surface area (Å²) in [7, 11) is 1.79. The van der Waals surface area contributed by atoms with Crippen LogP contribution in [0.5, 0.6) is 0 Å². The van der Waals surface area contributed by atoms with Crippen molar-refractivity contribution in [1.82, 2.24) is 9.97 Å². The number of hydrogen-bond acceptors (Lipinski definition) is 4. The van der Waals surface area contributed by atoms with Gasteiger partial charge in [0.25, 0.3) is 0 Å². The first-order chi connectivity index (χ1) is 8.19. The molecule has 1 heterocycles. The molecular weight excluding hydrogens is 219 g/mol. The van der Waals surface area contributed by atoms with Gasteiger partial charge in [-0.25, -0.2) is 14.4 Å². The Balaban J connectivity index is 2.22. The van der Waals surface area contributed by atoms with Gasteiger partial charge in [0, 0.05) is 18.8 Å². The van der Waals surface area contributed by atoms with Gasteiger partial charge >= 0.3 is 0 Å². The molecular formula is C12H13FN4. The summed E-state index contributed by atoms with van der Waals surface area (Å²) in [5, 5.41) is 6.01. The molecule has 0 aliphatic carbocycles. The summed E-state index contributed by atoms with van der Waals surface area (Å²) >= 11 is 0. The molecule has 0 radical (unpaired) electrons. The van der Waals surface area contributed by atoms with E-state index in [2.05, 4.69) is 20.6 Å². The maximum atomic E-state index is 13.1. The van der Waals surface area contributed by atoms with E-state index in [1.54, 1.807) is 32.2 Å². The second kappa shape index (κ2) is 4.78. The van der Waals surface area contributed by atoms with Crippen LogP contribution in [0.1, 0.15) is 5.56 Å². The van der Waals surface area contributed by atoms with Crippen molar-refractivity contribution >= 4 is 17.3 Å². The van der Waals surface area contributed by atoms with E-state index in [4.69, 9.17) is 0 Å². The van der Waals surface area contributed by atoms with Crippen LogP contribution in [0.25, 0.3) is 0 Å². The van der Waals surface area contributed by atoms with E-state index in [-0.39, 0.29) is 5.82 Å². The predicted octanol–water partition coefficient (Wildman–Crippen LogP) is 2.71. The van der Waals surface area contributed by atoms with E-state index >= 15 is 0 Å². The molecule has 0 fully saturated rings. The monoisotopic (exact) mass is 232 g/mol. The first kappa shape index (κ1) is 11.3. The van der Waals surface area contributed by atoms with E-state index in [9.17, 15) is 4.39 Å². The highest BCUT2D eigenvalue weighted by atomic mass is 19.1. The number of rotatable bonds is 3. The van der Waals surface area contributed by atoms with Crippen molar-refractivity contribution in [3.63, 3.8) is 0 Å². The Kier molecular flexibility index (Phi) is 3.18. The van der Waals surface area contributed by atoms with Gasteiger partial charge in [-0.1, -0.05) is 0 Å². The fourth-order valence-electron chi connectivity index (χ4n) is 1.43. The van der Waals surface area contributed by atoms with Crippen LogP contribution >= 0.6 is 0 Å². The Morgan fingerprint density at radius 2 is 1.88 bits per heavy atom. The minimum absolute atomic E-state index is 0.214. The van der Waals surface area contributed by atoms with Crippen molar-refractivity contribution in [3.8, 4) is 0 Å². The van der Waals surface area contributed by atoms with Crippen LogP contribution < -0.4 is 10.6 Å². The third kappa shape index (κ3) is 2.69. The van der Waals surface area contributed by atoms with Gasteiger partial charge in [-0.3, -0.25) is 0 Å². The smallest absolute Gasteiger partial charge is 0.135 e. The highest BCUT2D eigenvalue weighted by molar-refractivity contribution is 5.59. The molecule has 2 rings (SSSR count). The minimum Gasteiger partial charge on any atom is -0.373 e. The van der Waals surface area contributed by atoms with E-state index in [1.807, 2.05) is 0 Å². The zero-order valence-corrected chi connectivity index (χ0v) is 9.66. The average Bonchev–Trinajstić information content (AvgIpc) is 2.34. The second-order valence-corrected chi connectivity index (χ2v) is 3.63. The lowest BCUT2D eigenvalue weighted by Gasteiger charge is -2.07. The number of aryl methyl sites for hydroxylation is 1. The molecule has 0 atom stereocenters. The predicted molar refractivity (Wildman–Crippen MR) is 66.0 cm³/mol. The van der Waals surface area contributed by atoms with E-state index < -0.39 is 0 Å². The second-order valence-electron chi connectivity index (χ2n) is 3.63. The summed E-state index contributed by atoms with van der Waals surface area (Å²) in [6.07, 6.45) is 1.46. The zero-order chi connectivity index (χ0) is 12.3. The van der Waals surface area contributed by atoms with Gasteiger partial charge in [-0.2, -0.15) is 0 Å². The number of benzene rings is 1. The minimum atomic E-state index is -0.214. The number of anilines is 3. The summed E-state index contributed by atoms with van der Waals surface area (Å²) in [6, 6.07) is 6.61. The Morgan fingerprint density at radius 3 is 2.59 bits per heavy atom. The average molecular weight is 232 g/mol. The maximum Gasteiger partial charge on any atom is 0.135 e. The van der Waals surface area contributed by atoms with Crippen LogP contribution in [-0.4, -0.2) is 17.0 Å². The summed E-state index contributed by atoms with van der Waals surface area (Å²) in [6.45, 7) is 1.72. The fraction of sp³-hybridized carbons (Fsp3) is 0.167. The molecule has 0 aliphatic heterocycles. The van der Waals surface area contributed by atoms with Crippen molar-refractivity contribution in [2.75, 3.05) is 17.7 Å². The van der Waals surface area contributed by atoms with Crippen LogP contribution in [0.4, 0.5) is 21.7 Å². The molecule has 0 saturated carbocycles. The van der Waals surface area contributed by atoms with Gasteiger partial charge < -0.3 is 10.6 Å². The normalized spacial score (nSPS) is 10.1. The van der Waals surface area contributed by atoms with E-state index in [1.165, 1.54) is 12.4 Å². The zero-order valence-electron chi connectivity index (χ0n) is 9.66. The van der Waals surface area contributed by atoms with Crippen molar-refractivity contribution in [2.45, 2.75) is 6.92 Å². The van der Waals surface area contributed by atoms with Gasteiger partial charge in [0.1, 0.15) is 23.8 Å². The highest BCUT2D eigenvalue weighted by Crippen LogP contribution is 2.18. The molecule has 1 aromatic heterocycles. The first-order valence-corrected chi connectivity index (χ1v) is 5.22. The number of halogens is 1. The van der Waals surface area contributed by atoms with E-state index in [0.29, 0.717) is 11.4 Å². The van der Waals surface area contributed by atoms with Gasteiger partial charge in [-0.05, 0) is 30.7 Å². The van der Waals surface area contributed by atoms with Crippen molar-refractivity contribution in [3.05, 3.63) is 42.0 Å². The molecule has 0 spiro atoms. The largest absolute Gasteiger partial charge is 0.373 e. The Morgan fingerprint density at radius 1 is 1.12 bits per heavy atom. The highest BCUT2D eigenvalue weighted by Gasteiger charge is 2.01. The molecule has 2 N–H and O–H groups in total. The Labute approximate surface area is 98.9 Å². The van der Waals surface area contributed by atoms with Crippen molar-refractivity contribution in [2.24, 2.45) is 0 Å². The SMILES string of the molecule is CNc1cc(Nc2ccc(F)c(C)c2)ncn1. The lowest BCUT2D eigenvalue weighted by molar-refractivity contribution is 0.619. The summed E-state index contributed by atoms with van der Waals surface area (Å²) in [5.74, 6) is 1.17. The lowest BCUT2D eigenvalue weighted by atomic mass is 10.2. The molecule has 1 aromatic carbocycles. The molecule has 0 unspecified atom stereocenters. The fourth-order valence-corrected chi connectivity index (χ4v) is 1.43. The standard InChI is InChI=1S/C12H13FN4/c1-8-5-9(3-4-10(8)13)17-12-6-11(14-2)15-7-16-12/h3-7H,1-2H3,(H2,14,15,16,17). The molecule has 0 saturated heterocycles. The molecule has 4 nitrogen and oxygen atoms in total. The quantitative estimate of drug-likeness (QED) is 0.854. The molecule has 2 aromatic rings.